The van der Waals surface area contributed by atoms with E-state index in [-0.39, 0.29) is 12.0 Å². The standard InChI is InChI=1S/C22H28N4O2/c1-16(2)28-19-10-8-18(9-11-19)26-22(27)20-14-21(25-15-24-20)23-13-12-17-6-4-3-5-7-17/h6,8-11,14-16H,3-5,7,12-13H2,1-2H3,(H,26,27)(H,23,24,25). The number of ether oxygens (including phenoxy) is 1. The summed E-state index contributed by atoms with van der Waals surface area (Å²) < 4.78 is 5.61. The maximum atomic E-state index is 12.5. The molecule has 0 fully saturated rings. The first-order chi connectivity index (χ1) is 13.6. The van der Waals surface area contributed by atoms with Crippen molar-refractivity contribution in [2.75, 3.05) is 17.2 Å². The second-order valence-corrected chi connectivity index (χ2v) is 7.22. The summed E-state index contributed by atoms with van der Waals surface area (Å²) in [5.41, 5.74) is 2.53. The van der Waals surface area contributed by atoms with Gasteiger partial charge in [0.25, 0.3) is 5.91 Å². The number of carbonyl (C=O) groups is 1. The molecule has 0 bridgehead atoms. The molecule has 6 nitrogen and oxygen atoms in total. The smallest absolute Gasteiger partial charge is 0.274 e. The third-order valence-corrected chi connectivity index (χ3v) is 4.52. The monoisotopic (exact) mass is 380 g/mol. The Morgan fingerprint density at radius 1 is 1.18 bits per heavy atom. The summed E-state index contributed by atoms with van der Waals surface area (Å²) in [5.74, 6) is 1.17. The van der Waals surface area contributed by atoms with Crippen molar-refractivity contribution in [3.63, 3.8) is 0 Å². The molecule has 1 aliphatic carbocycles. The Morgan fingerprint density at radius 2 is 2.00 bits per heavy atom. The first-order valence-electron chi connectivity index (χ1n) is 9.92. The number of hydrogen-bond donors (Lipinski definition) is 2. The predicted molar refractivity (Wildman–Crippen MR) is 112 cm³/mol. The average Bonchev–Trinajstić information content (AvgIpc) is 2.70. The van der Waals surface area contributed by atoms with Crippen LogP contribution >= 0.6 is 0 Å². The largest absolute Gasteiger partial charge is 0.491 e. The number of nitrogens with one attached hydrogen (secondary N) is 2. The van der Waals surface area contributed by atoms with Crippen molar-refractivity contribution in [1.29, 1.82) is 0 Å². The van der Waals surface area contributed by atoms with Crippen LogP contribution in [-0.2, 0) is 0 Å². The molecule has 1 amide bonds. The summed E-state index contributed by atoms with van der Waals surface area (Å²) in [5, 5.41) is 6.14. The highest BCUT2D eigenvalue weighted by molar-refractivity contribution is 6.03. The summed E-state index contributed by atoms with van der Waals surface area (Å²) in [4.78, 5) is 20.8. The van der Waals surface area contributed by atoms with Crippen LogP contribution in [0.3, 0.4) is 0 Å². The van der Waals surface area contributed by atoms with Gasteiger partial charge in [0.15, 0.2) is 0 Å². The van der Waals surface area contributed by atoms with E-state index in [0.717, 1.165) is 18.7 Å². The van der Waals surface area contributed by atoms with Crippen LogP contribution in [0.5, 0.6) is 5.75 Å². The van der Waals surface area contributed by atoms with E-state index >= 15 is 0 Å². The van der Waals surface area contributed by atoms with Crippen LogP contribution in [0.25, 0.3) is 0 Å². The second kappa shape index (κ2) is 9.88. The Morgan fingerprint density at radius 3 is 2.71 bits per heavy atom. The van der Waals surface area contributed by atoms with Gasteiger partial charge in [-0.1, -0.05) is 11.6 Å². The summed E-state index contributed by atoms with van der Waals surface area (Å²) in [6.45, 7) is 4.76. The lowest BCUT2D eigenvalue weighted by Crippen LogP contribution is -2.15. The molecule has 1 heterocycles. The molecule has 3 rings (SSSR count). The second-order valence-electron chi connectivity index (χ2n) is 7.22. The van der Waals surface area contributed by atoms with Crippen molar-refractivity contribution < 1.29 is 9.53 Å². The predicted octanol–water partition coefficient (Wildman–Crippen LogP) is 4.82. The third-order valence-electron chi connectivity index (χ3n) is 4.52. The number of amides is 1. The molecule has 2 N–H and O–H groups in total. The van der Waals surface area contributed by atoms with Crippen LogP contribution < -0.4 is 15.4 Å². The lowest BCUT2D eigenvalue weighted by atomic mass is 9.97. The van der Waals surface area contributed by atoms with E-state index < -0.39 is 0 Å². The quantitative estimate of drug-likeness (QED) is 0.642. The van der Waals surface area contributed by atoms with Gasteiger partial charge in [-0.25, -0.2) is 9.97 Å². The number of aromatic nitrogens is 2. The van der Waals surface area contributed by atoms with Crippen LogP contribution in [0.1, 0.15) is 56.4 Å². The van der Waals surface area contributed by atoms with Crippen molar-refractivity contribution in [2.45, 2.75) is 52.1 Å². The van der Waals surface area contributed by atoms with Gasteiger partial charge in [0.2, 0.25) is 0 Å². The highest BCUT2D eigenvalue weighted by atomic mass is 16.5. The lowest BCUT2D eigenvalue weighted by Gasteiger charge is -2.13. The van der Waals surface area contributed by atoms with Crippen molar-refractivity contribution in [1.82, 2.24) is 9.97 Å². The Balaban J connectivity index is 1.53. The summed E-state index contributed by atoms with van der Waals surface area (Å²) in [6.07, 6.45) is 9.86. The summed E-state index contributed by atoms with van der Waals surface area (Å²) in [6, 6.07) is 8.98. The van der Waals surface area contributed by atoms with Gasteiger partial charge in [0, 0.05) is 18.3 Å². The molecule has 28 heavy (non-hydrogen) atoms. The minimum Gasteiger partial charge on any atom is -0.491 e. The molecule has 1 aromatic heterocycles. The van der Waals surface area contributed by atoms with Crippen LogP contribution in [0.15, 0.2) is 48.3 Å². The molecule has 6 heteroatoms. The average molecular weight is 380 g/mol. The Labute approximate surface area is 166 Å². The molecule has 0 atom stereocenters. The van der Waals surface area contributed by atoms with E-state index in [1.807, 2.05) is 38.1 Å². The van der Waals surface area contributed by atoms with E-state index in [9.17, 15) is 4.79 Å². The Hall–Kier alpha value is -2.89. The molecule has 148 valence electrons. The van der Waals surface area contributed by atoms with Gasteiger partial charge in [-0.05, 0) is 70.2 Å². The van der Waals surface area contributed by atoms with Crippen LogP contribution in [0, 0.1) is 0 Å². The van der Waals surface area contributed by atoms with Crippen molar-refractivity contribution in [2.24, 2.45) is 0 Å². The van der Waals surface area contributed by atoms with E-state index in [0.29, 0.717) is 17.2 Å². The molecule has 1 aromatic carbocycles. The van der Waals surface area contributed by atoms with Gasteiger partial charge in [-0.2, -0.15) is 0 Å². The number of nitrogens with zero attached hydrogens (tertiary/aromatic N) is 2. The van der Waals surface area contributed by atoms with Crippen LogP contribution in [0.2, 0.25) is 0 Å². The minimum absolute atomic E-state index is 0.113. The SMILES string of the molecule is CC(C)Oc1ccc(NC(=O)c2cc(NCCC3=CCCCC3)ncn2)cc1. The topological polar surface area (TPSA) is 76.1 Å². The van der Waals surface area contributed by atoms with Gasteiger partial charge < -0.3 is 15.4 Å². The molecular formula is C22H28N4O2. The molecule has 0 spiro atoms. The van der Waals surface area contributed by atoms with E-state index in [2.05, 4.69) is 26.7 Å². The maximum Gasteiger partial charge on any atom is 0.274 e. The number of carbonyl (C=O) groups excluding carboxylic acids is 1. The van der Waals surface area contributed by atoms with Crippen molar-refractivity contribution in [3.8, 4) is 5.75 Å². The molecule has 0 saturated heterocycles. The zero-order chi connectivity index (χ0) is 19.8. The number of anilines is 2. The number of hydrogen-bond acceptors (Lipinski definition) is 5. The van der Waals surface area contributed by atoms with Gasteiger partial charge in [-0.3, -0.25) is 4.79 Å². The fourth-order valence-corrected chi connectivity index (χ4v) is 3.15. The number of rotatable bonds is 8. The van der Waals surface area contributed by atoms with Crippen LogP contribution in [0.4, 0.5) is 11.5 Å². The zero-order valence-electron chi connectivity index (χ0n) is 16.6. The first-order valence-corrected chi connectivity index (χ1v) is 9.92. The fraction of sp³-hybridized carbons (Fsp3) is 0.409. The molecule has 0 radical (unpaired) electrons. The van der Waals surface area contributed by atoms with Gasteiger partial charge in [0.05, 0.1) is 6.10 Å². The van der Waals surface area contributed by atoms with Gasteiger partial charge >= 0.3 is 0 Å². The molecule has 0 aliphatic heterocycles. The number of benzene rings is 1. The van der Waals surface area contributed by atoms with E-state index in [4.69, 9.17) is 4.74 Å². The third kappa shape index (κ3) is 6.08. The molecular weight excluding hydrogens is 352 g/mol. The van der Waals surface area contributed by atoms with E-state index in [1.54, 1.807) is 6.07 Å². The molecule has 2 aromatic rings. The normalized spacial score (nSPS) is 13.8. The minimum atomic E-state index is -0.266. The number of allylic oxidation sites excluding steroid dienone is 1. The Bertz CT molecular complexity index is 816. The molecule has 1 aliphatic rings. The summed E-state index contributed by atoms with van der Waals surface area (Å²) >= 11 is 0. The van der Waals surface area contributed by atoms with Crippen LogP contribution in [-0.4, -0.2) is 28.5 Å². The van der Waals surface area contributed by atoms with Crippen molar-refractivity contribution >= 4 is 17.4 Å². The highest BCUT2D eigenvalue weighted by Crippen LogP contribution is 2.20. The van der Waals surface area contributed by atoms with E-state index in [1.165, 1.54) is 37.6 Å². The fourth-order valence-electron chi connectivity index (χ4n) is 3.15. The first kappa shape index (κ1) is 19.9. The van der Waals surface area contributed by atoms with Crippen molar-refractivity contribution in [3.05, 3.63) is 54.0 Å². The molecule has 0 unspecified atom stereocenters. The zero-order valence-corrected chi connectivity index (χ0v) is 16.6. The van der Waals surface area contributed by atoms with Gasteiger partial charge in [0.1, 0.15) is 23.6 Å². The van der Waals surface area contributed by atoms with Gasteiger partial charge in [-0.15, -0.1) is 0 Å². The molecule has 0 saturated carbocycles. The maximum absolute atomic E-state index is 12.5. The summed E-state index contributed by atoms with van der Waals surface area (Å²) in [7, 11) is 0. The lowest BCUT2D eigenvalue weighted by molar-refractivity contribution is 0.102. The Kier molecular flexibility index (Phi) is 7.00. The highest BCUT2D eigenvalue weighted by Gasteiger charge is 2.10.